The molecule has 4 rings (SSSR count). The number of ether oxygens (including phenoxy) is 1. The van der Waals surface area contributed by atoms with E-state index in [1.807, 2.05) is 48.5 Å². The number of aromatic amines is 1. The Morgan fingerprint density at radius 1 is 1.14 bits per heavy atom. The van der Waals surface area contributed by atoms with Crippen LogP contribution in [0, 0.1) is 0 Å². The minimum Gasteiger partial charge on any atom is -0.492 e. The van der Waals surface area contributed by atoms with Crippen molar-refractivity contribution in [3.63, 3.8) is 0 Å². The third-order valence-corrected chi connectivity index (χ3v) is 4.86. The molecule has 4 nitrogen and oxygen atoms in total. The highest BCUT2D eigenvalue weighted by Crippen LogP contribution is 2.38. The molecule has 21 heavy (non-hydrogen) atoms. The highest BCUT2D eigenvalue weighted by atomic mass is 32.2. The lowest BCUT2D eigenvalue weighted by atomic mass is 10.0. The van der Waals surface area contributed by atoms with Gasteiger partial charge in [-0.05, 0) is 18.2 Å². The highest BCUT2D eigenvalue weighted by molar-refractivity contribution is 7.99. The van der Waals surface area contributed by atoms with E-state index in [4.69, 9.17) is 10.5 Å². The molecule has 2 unspecified atom stereocenters. The van der Waals surface area contributed by atoms with Gasteiger partial charge < -0.3 is 15.5 Å². The van der Waals surface area contributed by atoms with Crippen LogP contribution in [-0.2, 0) is 0 Å². The van der Waals surface area contributed by atoms with Crippen LogP contribution in [0.5, 0.6) is 5.75 Å². The summed E-state index contributed by atoms with van der Waals surface area (Å²) < 4.78 is 5.81. The molecule has 5 heteroatoms. The van der Waals surface area contributed by atoms with Crippen LogP contribution in [0.2, 0.25) is 0 Å². The molecule has 0 saturated carbocycles. The molecule has 2 heterocycles. The first kappa shape index (κ1) is 12.7. The molecule has 0 saturated heterocycles. The number of thioether (sulfide) groups is 1. The highest BCUT2D eigenvalue weighted by Gasteiger charge is 2.29. The molecule has 1 aliphatic rings. The van der Waals surface area contributed by atoms with Crippen molar-refractivity contribution in [2.75, 3.05) is 6.61 Å². The van der Waals surface area contributed by atoms with E-state index in [2.05, 4.69) is 9.97 Å². The summed E-state index contributed by atoms with van der Waals surface area (Å²) >= 11 is 1.65. The molecule has 2 atom stereocenters. The number of para-hydroxylation sites is 3. The van der Waals surface area contributed by atoms with Crippen molar-refractivity contribution < 1.29 is 4.74 Å². The third-order valence-electron chi connectivity index (χ3n) is 3.71. The Hall–Kier alpha value is -1.98. The van der Waals surface area contributed by atoms with Gasteiger partial charge >= 0.3 is 0 Å². The number of nitrogens with zero attached hydrogens (tertiary/aromatic N) is 1. The number of nitrogens with two attached hydrogens (primary N) is 1. The lowest BCUT2D eigenvalue weighted by Crippen LogP contribution is -2.33. The molecular weight excluding hydrogens is 282 g/mol. The predicted octanol–water partition coefficient (Wildman–Crippen LogP) is 3.12. The maximum atomic E-state index is 6.39. The lowest BCUT2D eigenvalue weighted by molar-refractivity contribution is 0.276. The van der Waals surface area contributed by atoms with Gasteiger partial charge in [-0.3, -0.25) is 0 Å². The Kier molecular flexibility index (Phi) is 3.09. The molecule has 1 aliphatic heterocycles. The van der Waals surface area contributed by atoms with Gasteiger partial charge in [-0.1, -0.05) is 42.1 Å². The van der Waals surface area contributed by atoms with E-state index in [1.54, 1.807) is 11.8 Å². The molecule has 3 aromatic rings. The van der Waals surface area contributed by atoms with Crippen molar-refractivity contribution in [3.05, 3.63) is 54.1 Å². The molecule has 0 bridgehead atoms. The molecule has 0 amide bonds. The topological polar surface area (TPSA) is 63.9 Å². The normalized spacial score (nSPS) is 21.0. The number of fused-ring (bicyclic) bond motifs is 2. The second-order valence-corrected chi connectivity index (χ2v) is 6.32. The maximum absolute atomic E-state index is 6.39. The van der Waals surface area contributed by atoms with Crippen LogP contribution in [0.15, 0.2) is 53.7 Å². The Balaban J connectivity index is 1.60. The number of benzene rings is 2. The quantitative estimate of drug-likeness (QED) is 0.763. The SMILES string of the molecule is NC1c2ccccc2OCC1Sc1nc2ccccc2[nH]1. The van der Waals surface area contributed by atoms with E-state index in [0.717, 1.165) is 27.5 Å². The first-order valence-corrected chi connectivity index (χ1v) is 7.78. The fourth-order valence-electron chi connectivity index (χ4n) is 2.60. The van der Waals surface area contributed by atoms with Gasteiger partial charge in [0.25, 0.3) is 0 Å². The largest absolute Gasteiger partial charge is 0.492 e. The van der Waals surface area contributed by atoms with Gasteiger partial charge in [0.05, 0.1) is 16.3 Å². The summed E-state index contributed by atoms with van der Waals surface area (Å²) in [5.74, 6) is 0.895. The van der Waals surface area contributed by atoms with Crippen molar-refractivity contribution in [2.24, 2.45) is 5.73 Å². The van der Waals surface area contributed by atoms with Crippen molar-refractivity contribution >= 4 is 22.8 Å². The van der Waals surface area contributed by atoms with Gasteiger partial charge in [0.2, 0.25) is 0 Å². The van der Waals surface area contributed by atoms with Gasteiger partial charge in [0, 0.05) is 11.6 Å². The minimum atomic E-state index is -0.0480. The summed E-state index contributed by atoms with van der Waals surface area (Å²) in [4.78, 5) is 7.92. The van der Waals surface area contributed by atoms with Crippen LogP contribution in [0.1, 0.15) is 11.6 Å². The molecule has 2 aromatic carbocycles. The molecule has 0 fully saturated rings. The molecule has 0 radical (unpaired) electrons. The molecule has 3 N–H and O–H groups in total. The second kappa shape index (κ2) is 5.09. The van der Waals surface area contributed by atoms with E-state index in [-0.39, 0.29) is 11.3 Å². The van der Waals surface area contributed by atoms with E-state index >= 15 is 0 Å². The summed E-state index contributed by atoms with van der Waals surface area (Å²) in [6.07, 6.45) is 0. The summed E-state index contributed by atoms with van der Waals surface area (Å²) in [5.41, 5.74) is 9.48. The molecule has 106 valence electrons. The Bertz CT molecular complexity index is 753. The zero-order valence-electron chi connectivity index (χ0n) is 11.3. The first-order valence-electron chi connectivity index (χ1n) is 6.90. The van der Waals surface area contributed by atoms with Crippen molar-refractivity contribution in [1.82, 2.24) is 9.97 Å². The summed E-state index contributed by atoms with van der Waals surface area (Å²) in [7, 11) is 0. The zero-order valence-corrected chi connectivity index (χ0v) is 12.1. The third kappa shape index (κ3) is 2.28. The van der Waals surface area contributed by atoms with Gasteiger partial charge in [0.1, 0.15) is 12.4 Å². The van der Waals surface area contributed by atoms with Crippen molar-refractivity contribution in [2.45, 2.75) is 16.4 Å². The number of aromatic nitrogens is 2. The number of rotatable bonds is 2. The number of hydrogen-bond donors (Lipinski definition) is 2. The van der Waals surface area contributed by atoms with Gasteiger partial charge in [-0.25, -0.2) is 4.98 Å². The van der Waals surface area contributed by atoms with Crippen LogP contribution in [0.25, 0.3) is 11.0 Å². The van der Waals surface area contributed by atoms with E-state index in [9.17, 15) is 0 Å². The smallest absolute Gasteiger partial charge is 0.166 e. The molecular formula is C16H15N3OS. The summed E-state index contributed by atoms with van der Waals surface area (Å²) in [6, 6.07) is 15.9. The van der Waals surface area contributed by atoms with Crippen molar-refractivity contribution in [1.29, 1.82) is 0 Å². The zero-order chi connectivity index (χ0) is 14.2. The number of nitrogens with one attached hydrogen (secondary N) is 1. The predicted molar refractivity (Wildman–Crippen MR) is 84.6 cm³/mol. The monoisotopic (exact) mass is 297 g/mol. The van der Waals surface area contributed by atoms with E-state index < -0.39 is 0 Å². The fourth-order valence-corrected chi connectivity index (χ4v) is 3.64. The minimum absolute atomic E-state index is 0.0480. The van der Waals surface area contributed by atoms with Crippen LogP contribution in [0.4, 0.5) is 0 Å². The van der Waals surface area contributed by atoms with Crippen LogP contribution < -0.4 is 10.5 Å². The van der Waals surface area contributed by atoms with Gasteiger partial charge in [0.15, 0.2) is 5.16 Å². The average molecular weight is 297 g/mol. The molecule has 1 aromatic heterocycles. The van der Waals surface area contributed by atoms with Gasteiger partial charge in [-0.15, -0.1) is 0 Å². The molecule has 0 spiro atoms. The lowest BCUT2D eigenvalue weighted by Gasteiger charge is -2.30. The molecule has 0 aliphatic carbocycles. The Morgan fingerprint density at radius 2 is 1.95 bits per heavy atom. The van der Waals surface area contributed by atoms with Gasteiger partial charge in [-0.2, -0.15) is 0 Å². The van der Waals surface area contributed by atoms with E-state index in [0.29, 0.717) is 6.61 Å². The first-order chi connectivity index (χ1) is 10.3. The second-order valence-electron chi connectivity index (χ2n) is 5.09. The maximum Gasteiger partial charge on any atom is 0.166 e. The number of imidazole rings is 1. The van der Waals surface area contributed by atoms with E-state index in [1.165, 1.54) is 0 Å². The average Bonchev–Trinajstić information content (AvgIpc) is 2.93. The van der Waals surface area contributed by atoms with Crippen LogP contribution >= 0.6 is 11.8 Å². The number of hydrogen-bond acceptors (Lipinski definition) is 4. The fraction of sp³-hybridized carbons (Fsp3) is 0.188. The van der Waals surface area contributed by atoms with Crippen molar-refractivity contribution in [3.8, 4) is 5.75 Å². The summed E-state index contributed by atoms with van der Waals surface area (Å²) in [6.45, 7) is 0.597. The van der Waals surface area contributed by atoms with Crippen LogP contribution in [0.3, 0.4) is 0 Å². The summed E-state index contributed by atoms with van der Waals surface area (Å²) in [5, 5.41) is 1.04. The Labute approximate surface area is 126 Å². The number of H-pyrrole nitrogens is 1. The standard InChI is InChI=1S/C16H15N3OS/c17-15-10-5-1-4-8-13(10)20-9-14(15)21-16-18-11-6-2-3-7-12(11)19-16/h1-8,14-15H,9,17H2,(H,18,19). The Morgan fingerprint density at radius 3 is 2.86 bits per heavy atom. The van der Waals surface area contributed by atoms with Crippen LogP contribution in [-0.4, -0.2) is 21.8 Å².